The molecule has 0 bridgehead atoms. The zero-order valence-corrected chi connectivity index (χ0v) is 7.99. The number of hydrogen-bond acceptors (Lipinski definition) is 1. The van der Waals surface area contributed by atoms with Crippen molar-refractivity contribution in [2.45, 2.75) is 33.6 Å². The third kappa shape index (κ3) is 3.60. The average Bonchev–Trinajstić information content (AvgIpc) is 1.85. The van der Waals surface area contributed by atoms with E-state index >= 15 is 0 Å². The summed E-state index contributed by atoms with van der Waals surface area (Å²) >= 11 is 0. The van der Waals surface area contributed by atoms with Crippen LogP contribution in [0.5, 0.6) is 0 Å². The normalized spacial score (nSPS) is 13.8. The van der Waals surface area contributed by atoms with Crippen LogP contribution in [0.4, 0.5) is 8.78 Å². The van der Waals surface area contributed by atoms with E-state index in [1.165, 1.54) is 0 Å². The zero-order chi connectivity index (χ0) is 9.94. The molecule has 0 radical (unpaired) electrons. The molecule has 0 saturated carbocycles. The molecule has 0 saturated heterocycles. The number of nitrogens with zero attached hydrogens (tertiary/aromatic N) is 1. The van der Waals surface area contributed by atoms with E-state index in [0.29, 0.717) is 5.71 Å². The summed E-state index contributed by atoms with van der Waals surface area (Å²) < 4.78 is 25.1. The van der Waals surface area contributed by atoms with Crippen molar-refractivity contribution in [3.05, 3.63) is 12.3 Å². The van der Waals surface area contributed by atoms with E-state index < -0.39 is 5.92 Å². The molecule has 0 N–H and O–H groups in total. The number of rotatable bonds is 3. The largest absolute Gasteiger partial charge is 0.286 e. The zero-order valence-electron chi connectivity index (χ0n) is 7.99. The molecule has 0 fully saturated rings. The fraction of sp³-hybridized carbons (Fsp3) is 0.667. The van der Waals surface area contributed by atoms with Crippen molar-refractivity contribution in [1.82, 2.24) is 0 Å². The van der Waals surface area contributed by atoms with Crippen molar-refractivity contribution >= 4 is 5.71 Å². The van der Waals surface area contributed by atoms with Crippen molar-refractivity contribution < 1.29 is 8.78 Å². The van der Waals surface area contributed by atoms with Gasteiger partial charge in [0.15, 0.2) is 0 Å². The first-order valence-corrected chi connectivity index (χ1v) is 3.87. The lowest BCUT2D eigenvalue weighted by Crippen LogP contribution is -2.13. The molecule has 0 rings (SSSR count). The molecular formula is C9H15F2N. The molecule has 3 heteroatoms. The SMILES string of the molecule is C=C(N=C(C)C(C)C)C(C)(F)F. The first-order chi connectivity index (χ1) is 5.25. The Balaban J connectivity index is 4.46. The van der Waals surface area contributed by atoms with E-state index in [-0.39, 0.29) is 11.6 Å². The van der Waals surface area contributed by atoms with E-state index in [2.05, 4.69) is 11.6 Å². The van der Waals surface area contributed by atoms with E-state index in [0.717, 1.165) is 6.92 Å². The van der Waals surface area contributed by atoms with Crippen LogP contribution in [0.1, 0.15) is 27.7 Å². The fourth-order valence-corrected chi connectivity index (χ4v) is 0.440. The molecule has 0 heterocycles. The Hall–Kier alpha value is -0.730. The first kappa shape index (κ1) is 11.3. The average molecular weight is 175 g/mol. The van der Waals surface area contributed by atoms with Crippen molar-refractivity contribution in [3.63, 3.8) is 0 Å². The molecule has 0 aliphatic carbocycles. The van der Waals surface area contributed by atoms with Gasteiger partial charge in [0.25, 0.3) is 5.92 Å². The second kappa shape index (κ2) is 3.78. The molecular weight excluding hydrogens is 160 g/mol. The maximum absolute atomic E-state index is 12.5. The summed E-state index contributed by atoms with van der Waals surface area (Å²) in [5.41, 5.74) is 0.315. The van der Waals surface area contributed by atoms with Crippen molar-refractivity contribution in [2.24, 2.45) is 10.9 Å². The summed E-state index contributed by atoms with van der Waals surface area (Å²) in [6, 6.07) is 0. The number of alkyl halides is 2. The van der Waals surface area contributed by atoms with Crippen molar-refractivity contribution in [2.75, 3.05) is 0 Å². The third-order valence-corrected chi connectivity index (χ3v) is 1.65. The highest BCUT2D eigenvalue weighted by molar-refractivity contribution is 5.84. The van der Waals surface area contributed by atoms with Crippen LogP contribution < -0.4 is 0 Å². The Morgan fingerprint density at radius 2 is 1.83 bits per heavy atom. The Labute approximate surface area is 72.2 Å². The second-order valence-electron chi connectivity index (χ2n) is 3.24. The quantitative estimate of drug-likeness (QED) is 0.584. The van der Waals surface area contributed by atoms with E-state index in [1.54, 1.807) is 6.92 Å². The van der Waals surface area contributed by atoms with Crippen LogP contribution in [0.2, 0.25) is 0 Å². The molecule has 0 unspecified atom stereocenters. The molecule has 1 nitrogen and oxygen atoms in total. The molecule has 0 aromatic carbocycles. The van der Waals surface area contributed by atoms with Gasteiger partial charge in [0.2, 0.25) is 0 Å². The molecule has 0 aliphatic rings. The topological polar surface area (TPSA) is 12.4 Å². The highest BCUT2D eigenvalue weighted by Gasteiger charge is 2.25. The van der Waals surface area contributed by atoms with E-state index in [4.69, 9.17) is 0 Å². The van der Waals surface area contributed by atoms with Gasteiger partial charge in [-0.25, -0.2) is 0 Å². The number of hydrogen-bond donors (Lipinski definition) is 0. The maximum atomic E-state index is 12.5. The van der Waals surface area contributed by atoms with E-state index in [1.807, 2.05) is 13.8 Å². The van der Waals surface area contributed by atoms with Crippen LogP contribution in [0.15, 0.2) is 17.3 Å². The summed E-state index contributed by atoms with van der Waals surface area (Å²) in [4.78, 5) is 3.72. The van der Waals surface area contributed by atoms with Gasteiger partial charge < -0.3 is 0 Å². The summed E-state index contributed by atoms with van der Waals surface area (Å²) in [6.45, 7) is 9.54. The molecule has 0 spiro atoms. The lowest BCUT2D eigenvalue weighted by atomic mass is 10.1. The van der Waals surface area contributed by atoms with Crippen LogP contribution in [0.25, 0.3) is 0 Å². The summed E-state index contributed by atoms with van der Waals surface area (Å²) in [7, 11) is 0. The Morgan fingerprint density at radius 3 is 2.08 bits per heavy atom. The fourth-order valence-electron chi connectivity index (χ4n) is 0.440. The molecule has 0 aromatic rings. The first-order valence-electron chi connectivity index (χ1n) is 3.87. The summed E-state index contributed by atoms with van der Waals surface area (Å²) in [6.07, 6.45) is 0. The van der Waals surface area contributed by atoms with Gasteiger partial charge >= 0.3 is 0 Å². The number of aliphatic imine (C=N–C) groups is 1. The van der Waals surface area contributed by atoms with Gasteiger partial charge in [-0.1, -0.05) is 20.4 Å². The molecule has 0 atom stereocenters. The van der Waals surface area contributed by atoms with Crippen molar-refractivity contribution in [1.29, 1.82) is 0 Å². The lowest BCUT2D eigenvalue weighted by Gasteiger charge is -2.11. The van der Waals surface area contributed by atoms with Gasteiger partial charge in [-0.15, -0.1) is 0 Å². The van der Waals surface area contributed by atoms with Crippen LogP contribution in [0, 0.1) is 5.92 Å². The Morgan fingerprint density at radius 1 is 1.42 bits per heavy atom. The van der Waals surface area contributed by atoms with Gasteiger partial charge in [0, 0.05) is 12.6 Å². The number of allylic oxidation sites excluding steroid dienone is 1. The molecule has 70 valence electrons. The van der Waals surface area contributed by atoms with Gasteiger partial charge in [0.1, 0.15) is 5.70 Å². The highest BCUT2D eigenvalue weighted by atomic mass is 19.3. The van der Waals surface area contributed by atoms with Crippen LogP contribution >= 0.6 is 0 Å². The van der Waals surface area contributed by atoms with Gasteiger partial charge in [-0.3, -0.25) is 4.99 Å². The molecule has 0 aliphatic heterocycles. The van der Waals surface area contributed by atoms with E-state index in [9.17, 15) is 8.78 Å². The molecule has 0 amide bonds. The van der Waals surface area contributed by atoms with Crippen LogP contribution in [-0.4, -0.2) is 11.6 Å². The van der Waals surface area contributed by atoms with Gasteiger partial charge in [-0.05, 0) is 12.8 Å². The second-order valence-corrected chi connectivity index (χ2v) is 3.24. The van der Waals surface area contributed by atoms with Crippen molar-refractivity contribution in [3.8, 4) is 0 Å². The lowest BCUT2D eigenvalue weighted by molar-refractivity contribution is 0.0626. The summed E-state index contributed by atoms with van der Waals surface area (Å²) in [5, 5.41) is 0. The number of halogens is 2. The van der Waals surface area contributed by atoms with Crippen LogP contribution in [-0.2, 0) is 0 Å². The monoisotopic (exact) mass is 175 g/mol. The minimum absolute atomic E-state index is 0.184. The summed E-state index contributed by atoms with van der Waals surface area (Å²) in [5.74, 6) is -2.72. The Kier molecular flexibility index (Phi) is 3.55. The Bertz CT molecular complexity index is 199. The van der Waals surface area contributed by atoms with Crippen LogP contribution in [0.3, 0.4) is 0 Å². The predicted octanol–water partition coefficient (Wildman–Crippen LogP) is 3.27. The molecule has 12 heavy (non-hydrogen) atoms. The third-order valence-electron chi connectivity index (χ3n) is 1.65. The van der Waals surface area contributed by atoms with Gasteiger partial charge in [-0.2, -0.15) is 8.78 Å². The smallest absolute Gasteiger partial charge is 0.257 e. The minimum Gasteiger partial charge on any atom is -0.257 e. The van der Waals surface area contributed by atoms with Gasteiger partial charge in [0.05, 0.1) is 0 Å². The predicted molar refractivity (Wildman–Crippen MR) is 47.7 cm³/mol. The molecule has 0 aromatic heterocycles. The minimum atomic E-state index is -2.91. The standard InChI is InChI=1S/C9H15F2N/c1-6(2)7(3)12-8(4)9(5,10)11/h6H,4H2,1-3,5H3. The highest BCUT2D eigenvalue weighted by Crippen LogP contribution is 2.22. The maximum Gasteiger partial charge on any atom is 0.286 e.